The number of hydrogen-bond acceptors (Lipinski definition) is 8. The Morgan fingerprint density at radius 1 is 0.872 bits per heavy atom. The van der Waals surface area contributed by atoms with Gasteiger partial charge >= 0.3 is 6.09 Å². The summed E-state index contributed by atoms with van der Waals surface area (Å²) in [6.07, 6.45) is 1.91. The van der Waals surface area contributed by atoms with Crippen molar-refractivity contribution in [2.24, 2.45) is 5.41 Å². The van der Waals surface area contributed by atoms with Gasteiger partial charge in [-0.25, -0.2) is 4.79 Å². The van der Waals surface area contributed by atoms with Crippen LogP contribution in [-0.2, 0) is 9.53 Å². The third kappa shape index (κ3) is 7.25. The Balaban J connectivity index is 1.17. The third-order valence-corrected chi connectivity index (χ3v) is 7.83. The second kappa shape index (κ2) is 12.3. The van der Waals surface area contributed by atoms with Crippen molar-refractivity contribution in [2.45, 2.75) is 39.2 Å². The summed E-state index contributed by atoms with van der Waals surface area (Å²) in [6.45, 7) is 13.8. The first kappa shape index (κ1) is 28.8. The number of carbonyl (C=O) groups is 3. The highest BCUT2D eigenvalue weighted by Crippen LogP contribution is 2.34. The monoisotopic (exact) mass is 539 g/mol. The summed E-state index contributed by atoms with van der Waals surface area (Å²) in [5.74, 6) is -0.121. The zero-order valence-electron chi connectivity index (χ0n) is 23.5. The Kier molecular flexibility index (Phi) is 9.08. The predicted octanol–water partition coefficient (Wildman–Crippen LogP) is 1.52. The van der Waals surface area contributed by atoms with E-state index in [0.717, 1.165) is 39.3 Å². The molecule has 0 atom stereocenters. The van der Waals surface area contributed by atoms with E-state index in [1.807, 2.05) is 42.7 Å². The molecule has 0 bridgehead atoms. The number of hydrogen-bond donors (Lipinski definition) is 0. The van der Waals surface area contributed by atoms with Crippen LogP contribution in [0.4, 0.5) is 4.79 Å². The predicted molar refractivity (Wildman–Crippen MR) is 145 cm³/mol. The molecule has 4 heterocycles. The SMILES string of the molecule is CC(C)(C)OC(=O)N1CCC(C#N)(C(=O)N2CCN(CCN3CCN(C(=O)c4ccccn4)CC3)CC2)CC1. The normalized spacial score (nSPS) is 20.8. The maximum absolute atomic E-state index is 13.4. The molecule has 11 nitrogen and oxygen atoms in total. The third-order valence-electron chi connectivity index (χ3n) is 7.83. The van der Waals surface area contributed by atoms with E-state index >= 15 is 0 Å². The Hall–Kier alpha value is -3.23. The van der Waals surface area contributed by atoms with Crippen LogP contribution in [0.3, 0.4) is 0 Å². The van der Waals surface area contributed by atoms with E-state index in [1.54, 1.807) is 17.2 Å². The standard InChI is InChI=1S/C28H41N7O4/c1-27(2,3)39-26(38)35-10-7-28(22-29,8-11-35)25(37)34-20-16-32(17-21-34)13-12-31-14-18-33(19-15-31)24(36)23-6-4-5-9-30-23/h4-6,9H,7-8,10-21H2,1-3H3. The topological polar surface area (TPSA) is 113 Å². The molecule has 0 aromatic carbocycles. The molecule has 0 spiro atoms. The van der Waals surface area contributed by atoms with Gasteiger partial charge < -0.3 is 19.4 Å². The van der Waals surface area contributed by atoms with Crippen LogP contribution in [0.25, 0.3) is 0 Å². The molecule has 1 aromatic heterocycles. The fourth-order valence-electron chi connectivity index (χ4n) is 5.36. The minimum atomic E-state index is -1.08. The number of pyridine rings is 1. The molecule has 39 heavy (non-hydrogen) atoms. The van der Waals surface area contributed by atoms with Crippen molar-refractivity contribution in [2.75, 3.05) is 78.5 Å². The van der Waals surface area contributed by atoms with E-state index in [2.05, 4.69) is 20.9 Å². The molecule has 0 unspecified atom stereocenters. The average Bonchev–Trinajstić information content (AvgIpc) is 2.95. The van der Waals surface area contributed by atoms with E-state index < -0.39 is 17.1 Å². The number of piperidine rings is 1. The van der Waals surface area contributed by atoms with E-state index in [4.69, 9.17) is 4.74 Å². The minimum Gasteiger partial charge on any atom is -0.444 e. The van der Waals surface area contributed by atoms with Crippen molar-refractivity contribution in [3.05, 3.63) is 30.1 Å². The highest BCUT2D eigenvalue weighted by molar-refractivity contribution is 5.92. The molecular formula is C28H41N7O4. The first-order valence-electron chi connectivity index (χ1n) is 13.9. The lowest BCUT2D eigenvalue weighted by Crippen LogP contribution is -2.56. The van der Waals surface area contributed by atoms with Crippen molar-refractivity contribution in [3.8, 4) is 6.07 Å². The van der Waals surface area contributed by atoms with Crippen molar-refractivity contribution in [1.82, 2.24) is 29.5 Å². The Bertz CT molecular complexity index is 1040. The lowest BCUT2D eigenvalue weighted by molar-refractivity contribution is -0.143. The Morgan fingerprint density at radius 3 is 1.92 bits per heavy atom. The van der Waals surface area contributed by atoms with Gasteiger partial charge in [0, 0.05) is 84.7 Å². The number of aromatic nitrogens is 1. The maximum Gasteiger partial charge on any atom is 0.410 e. The molecule has 1 aromatic rings. The Labute approximate surface area is 231 Å². The molecule has 3 aliphatic heterocycles. The smallest absolute Gasteiger partial charge is 0.410 e. The summed E-state index contributed by atoms with van der Waals surface area (Å²) in [5, 5.41) is 9.98. The molecule has 0 saturated carbocycles. The summed E-state index contributed by atoms with van der Waals surface area (Å²) in [6, 6.07) is 7.70. The average molecular weight is 540 g/mol. The summed E-state index contributed by atoms with van der Waals surface area (Å²) in [7, 11) is 0. The first-order valence-corrected chi connectivity index (χ1v) is 13.9. The second-order valence-electron chi connectivity index (χ2n) is 11.6. The summed E-state index contributed by atoms with van der Waals surface area (Å²) in [4.78, 5) is 52.6. The number of piperazine rings is 2. The van der Waals surface area contributed by atoms with Gasteiger partial charge in [0.05, 0.1) is 6.07 Å². The van der Waals surface area contributed by atoms with Gasteiger partial charge in [-0.3, -0.25) is 24.4 Å². The van der Waals surface area contributed by atoms with E-state index in [1.165, 1.54) is 0 Å². The molecule has 11 heteroatoms. The number of carbonyl (C=O) groups excluding carboxylic acids is 3. The van der Waals surface area contributed by atoms with Gasteiger partial charge in [-0.15, -0.1) is 0 Å². The number of likely N-dealkylation sites (tertiary alicyclic amines) is 1. The largest absolute Gasteiger partial charge is 0.444 e. The number of rotatable bonds is 5. The first-order chi connectivity index (χ1) is 18.6. The van der Waals surface area contributed by atoms with Crippen LogP contribution in [0.2, 0.25) is 0 Å². The molecule has 3 fully saturated rings. The number of nitrogens with zero attached hydrogens (tertiary/aromatic N) is 7. The molecule has 4 rings (SSSR count). The van der Waals surface area contributed by atoms with Crippen LogP contribution in [0.1, 0.15) is 44.1 Å². The highest BCUT2D eigenvalue weighted by Gasteiger charge is 2.46. The summed E-state index contributed by atoms with van der Waals surface area (Å²) >= 11 is 0. The van der Waals surface area contributed by atoms with Gasteiger partial charge in [0.2, 0.25) is 5.91 Å². The van der Waals surface area contributed by atoms with Crippen LogP contribution in [0.5, 0.6) is 0 Å². The minimum absolute atomic E-state index is 0.0123. The van der Waals surface area contributed by atoms with Gasteiger partial charge in [0.1, 0.15) is 16.7 Å². The molecule has 212 valence electrons. The van der Waals surface area contributed by atoms with Crippen LogP contribution in [0, 0.1) is 16.7 Å². The summed E-state index contributed by atoms with van der Waals surface area (Å²) in [5.41, 5.74) is -1.17. The fraction of sp³-hybridized carbons (Fsp3) is 0.679. The molecule has 0 aliphatic carbocycles. The van der Waals surface area contributed by atoms with Gasteiger partial charge in [0.25, 0.3) is 5.91 Å². The Morgan fingerprint density at radius 2 is 1.44 bits per heavy atom. The molecule has 3 saturated heterocycles. The van der Waals surface area contributed by atoms with Gasteiger partial charge in [-0.2, -0.15) is 5.26 Å². The number of ether oxygens (including phenoxy) is 1. The maximum atomic E-state index is 13.4. The van der Waals surface area contributed by atoms with Crippen molar-refractivity contribution < 1.29 is 19.1 Å². The van der Waals surface area contributed by atoms with Gasteiger partial charge in [0.15, 0.2) is 0 Å². The second-order valence-corrected chi connectivity index (χ2v) is 11.6. The molecule has 3 amide bonds. The summed E-state index contributed by atoms with van der Waals surface area (Å²) < 4.78 is 5.45. The molecule has 3 aliphatic rings. The molecular weight excluding hydrogens is 498 g/mol. The van der Waals surface area contributed by atoms with Gasteiger partial charge in [-0.1, -0.05) is 6.07 Å². The van der Waals surface area contributed by atoms with Crippen molar-refractivity contribution in [1.29, 1.82) is 5.26 Å². The van der Waals surface area contributed by atoms with Crippen LogP contribution in [0.15, 0.2) is 24.4 Å². The van der Waals surface area contributed by atoms with Crippen molar-refractivity contribution >= 4 is 17.9 Å². The lowest BCUT2D eigenvalue weighted by atomic mass is 9.78. The zero-order valence-corrected chi connectivity index (χ0v) is 23.5. The van der Waals surface area contributed by atoms with Crippen molar-refractivity contribution in [3.63, 3.8) is 0 Å². The lowest BCUT2D eigenvalue weighted by Gasteiger charge is -2.42. The molecule has 0 N–H and O–H groups in total. The van der Waals surface area contributed by atoms with E-state index in [0.29, 0.717) is 57.8 Å². The van der Waals surface area contributed by atoms with Crippen LogP contribution < -0.4 is 0 Å². The van der Waals surface area contributed by atoms with Crippen LogP contribution in [-0.4, -0.2) is 132 Å². The molecule has 0 radical (unpaired) electrons. The highest BCUT2D eigenvalue weighted by atomic mass is 16.6. The number of nitriles is 1. The van der Waals surface area contributed by atoms with E-state index in [9.17, 15) is 19.6 Å². The zero-order chi connectivity index (χ0) is 28.0. The number of amides is 3. The quantitative estimate of drug-likeness (QED) is 0.554. The van der Waals surface area contributed by atoms with Crippen LogP contribution >= 0.6 is 0 Å². The van der Waals surface area contributed by atoms with Gasteiger partial charge in [-0.05, 0) is 45.7 Å². The van der Waals surface area contributed by atoms with E-state index in [-0.39, 0.29) is 11.8 Å². The fourth-order valence-corrected chi connectivity index (χ4v) is 5.36.